The van der Waals surface area contributed by atoms with Gasteiger partial charge in [0, 0.05) is 17.5 Å². The highest BCUT2D eigenvalue weighted by atomic mass is 16.1. The average Bonchev–Trinajstić information content (AvgIpc) is 2.47. The maximum absolute atomic E-state index is 11.9. The number of carbonyl (C=O) groups excluding carboxylic acids is 1. The molecule has 0 atom stereocenters. The Morgan fingerprint density at radius 1 is 1.14 bits per heavy atom. The second-order valence-electron chi connectivity index (χ2n) is 5.27. The number of rotatable bonds is 4. The van der Waals surface area contributed by atoms with Gasteiger partial charge in [0.2, 0.25) is 5.91 Å². The summed E-state index contributed by atoms with van der Waals surface area (Å²) in [6.45, 7) is 4.25. The van der Waals surface area contributed by atoms with Crippen LogP contribution in [0.4, 0.5) is 11.4 Å². The van der Waals surface area contributed by atoms with Crippen molar-refractivity contribution in [1.82, 2.24) is 0 Å². The van der Waals surface area contributed by atoms with Crippen LogP contribution >= 0.6 is 0 Å². The molecule has 0 aliphatic heterocycles. The Morgan fingerprint density at radius 3 is 2.52 bits per heavy atom. The molecule has 3 nitrogen and oxygen atoms in total. The molecule has 21 heavy (non-hydrogen) atoms. The van der Waals surface area contributed by atoms with E-state index in [-0.39, 0.29) is 5.91 Å². The van der Waals surface area contributed by atoms with E-state index >= 15 is 0 Å². The molecule has 3 N–H and O–H groups in total. The molecule has 0 bridgehead atoms. The van der Waals surface area contributed by atoms with Crippen LogP contribution in [-0.2, 0) is 4.79 Å². The third kappa shape index (κ3) is 4.49. The van der Waals surface area contributed by atoms with E-state index in [0.717, 1.165) is 11.3 Å². The molecule has 2 aromatic carbocycles. The Labute approximate surface area is 125 Å². The minimum absolute atomic E-state index is 0.146. The van der Waals surface area contributed by atoms with Crippen molar-refractivity contribution in [2.45, 2.75) is 19.8 Å². The fourth-order valence-electron chi connectivity index (χ4n) is 1.94. The number of nitrogens with two attached hydrogens (primary N) is 1. The van der Waals surface area contributed by atoms with Crippen LogP contribution in [0.3, 0.4) is 0 Å². The monoisotopic (exact) mass is 280 g/mol. The summed E-state index contributed by atoms with van der Waals surface area (Å²) in [6.07, 6.45) is 3.29. The summed E-state index contributed by atoms with van der Waals surface area (Å²) < 4.78 is 0. The van der Waals surface area contributed by atoms with Crippen molar-refractivity contribution in [3.63, 3.8) is 0 Å². The van der Waals surface area contributed by atoms with Gasteiger partial charge in [0.05, 0.1) is 0 Å². The number of nitrogen functional groups attached to an aromatic ring is 1. The van der Waals surface area contributed by atoms with E-state index < -0.39 is 0 Å². The van der Waals surface area contributed by atoms with E-state index in [9.17, 15) is 4.79 Å². The summed E-state index contributed by atoms with van der Waals surface area (Å²) in [5.74, 6) is 0.292. The molecular formula is C18H20N2O. The molecule has 1 amide bonds. The van der Waals surface area contributed by atoms with Gasteiger partial charge in [-0.3, -0.25) is 4.79 Å². The highest BCUT2D eigenvalue weighted by molar-refractivity contribution is 6.01. The topological polar surface area (TPSA) is 55.1 Å². The molecule has 0 aliphatic carbocycles. The van der Waals surface area contributed by atoms with Crippen LogP contribution in [0.1, 0.15) is 30.9 Å². The van der Waals surface area contributed by atoms with Crippen LogP contribution in [-0.4, -0.2) is 5.91 Å². The molecule has 0 fully saturated rings. The third-order valence-corrected chi connectivity index (χ3v) is 3.18. The van der Waals surface area contributed by atoms with Crippen LogP contribution in [0, 0.1) is 0 Å². The van der Waals surface area contributed by atoms with Gasteiger partial charge < -0.3 is 11.1 Å². The van der Waals surface area contributed by atoms with Gasteiger partial charge >= 0.3 is 0 Å². The van der Waals surface area contributed by atoms with E-state index in [2.05, 4.69) is 25.2 Å². The van der Waals surface area contributed by atoms with E-state index in [1.807, 2.05) is 42.5 Å². The van der Waals surface area contributed by atoms with Crippen molar-refractivity contribution in [2.24, 2.45) is 0 Å². The normalized spacial score (nSPS) is 11.0. The van der Waals surface area contributed by atoms with Gasteiger partial charge in [-0.2, -0.15) is 0 Å². The van der Waals surface area contributed by atoms with Crippen molar-refractivity contribution in [1.29, 1.82) is 0 Å². The SMILES string of the molecule is CC(C)c1cccc(NC(=O)/C=C/c2ccc(N)cc2)c1. The molecule has 0 spiro atoms. The lowest BCUT2D eigenvalue weighted by Crippen LogP contribution is -2.08. The van der Waals surface area contributed by atoms with Crippen molar-refractivity contribution >= 4 is 23.4 Å². The minimum Gasteiger partial charge on any atom is -0.399 e. The van der Waals surface area contributed by atoms with Crippen LogP contribution in [0.25, 0.3) is 6.08 Å². The molecule has 108 valence electrons. The molecular weight excluding hydrogens is 260 g/mol. The molecule has 2 aromatic rings. The molecule has 0 unspecified atom stereocenters. The molecule has 0 saturated carbocycles. The maximum atomic E-state index is 11.9. The number of nitrogens with one attached hydrogen (secondary N) is 1. The highest BCUT2D eigenvalue weighted by Gasteiger charge is 2.02. The van der Waals surface area contributed by atoms with Gasteiger partial charge in [0.15, 0.2) is 0 Å². The maximum Gasteiger partial charge on any atom is 0.248 e. The zero-order chi connectivity index (χ0) is 15.2. The van der Waals surface area contributed by atoms with Gasteiger partial charge in [0.25, 0.3) is 0 Å². The van der Waals surface area contributed by atoms with Gasteiger partial charge in [-0.15, -0.1) is 0 Å². The molecule has 0 aliphatic rings. The van der Waals surface area contributed by atoms with Crippen LogP contribution in [0.15, 0.2) is 54.6 Å². The Bertz CT molecular complexity index is 643. The Balaban J connectivity index is 2.01. The summed E-state index contributed by atoms with van der Waals surface area (Å²) in [6, 6.07) is 15.3. The summed E-state index contributed by atoms with van der Waals surface area (Å²) in [5, 5.41) is 2.87. The van der Waals surface area contributed by atoms with E-state index in [1.54, 1.807) is 6.08 Å². The molecule has 0 radical (unpaired) electrons. The van der Waals surface area contributed by atoms with Crippen LogP contribution in [0.2, 0.25) is 0 Å². The first-order valence-electron chi connectivity index (χ1n) is 6.99. The second-order valence-corrected chi connectivity index (χ2v) is 5.27. The highest BCUT2D eigenvalue weighted by Crippen LogP contribution is 2.18. The van der Waals surface area contributed by atoms with E-state index in [1.165, 1.54) is 11.6 Å². The Morgan fingerprint density at radius 2 is 1.86 bits per heavy atom. The van der Waals surface area contributed by atoms with Gasteiger partial charge in [-0.05, 0) is 47.4 Å². The zero-order valence-corrected chi connectivity index (χ0v) is 12.3. The molecule has 0 saturated heterocycles. The fourth-order valence-corrected chi connectivity index (χ4v) is 1.94. The van der Waals surface area contributed by atoms with Crippen LogP contribution in [0.5, 0.6) is 0 Å². The number of benzene rings is 2. The molecule has 2 rings (SSSR count). The molecule has 0 aromatic heterocycles. The molecule has 0 heterocycles. The standard InChI is InChI=1S/C18H20N2O/c1-13(2)15-4-3-5-17(12-15)20-18(21)11-8-14-6-9-16(19)10-7-14/h3-13H,19H2,1-2H3,(H,20,21)/b11-8+. The molecule has 3 heteroatoms. The Kier molecular flexibility index (Phi) is 4.77. The predicted molar refractivity (Wildman–Crippen MR) is 89.0 cm³/mol. The van der Waals surface area contributed by atoms with E-state index in [0.29, 0.717) is 11.6 Å². The Hall–Kier alpha value is -2.55. The summed E-state index contributed by atoms with van der Waals surface area (Å²) in [5.41, 5.74) is 9.29. The number of hydrogen-bond acceptors (Lipinski definition) is 2. The quantitative estimate of drug-likeness (QED) is 0.656. The van der Waals surface area contributed by atoms with Gasteiger partial charge in [-0.25, -0.2) is 0 Å². The summed E-state index contributed by atoms with van der Waals surface area (Å²) in [7, 11) is 0. The smallest absolute Gasteiger partial charge is 0.248 e. The van der Waals surface area contributed by atoms with Gasteiger partial charge in [-0.1, -0.05) is 38.1 Å². The predicted octanol–water partition coefficient (Wildman–Crippen LogP) is 4.04. The first-order chi connectivity index (χ1) is 10.0. The third-order valence-electron chi connectivity index (χ3n) is 3.18. The van der Waals surface area contributed by atoms with Gasteiger partial charge in [0.1, 0.15) is 0 Å². The largest absolute Gasteiger partial charge is 0.399 e. The summed E-state index contributed by atoms with van der Waals surface area (Å²) >= 11 is 0. The van der Waals surface area contributed by atoms with Crippen molar-refractivity contribution in [3.8, 4) is 0 Å². The number of amides is 1. The van der Waals surface area contributed by atoms with Crippen molar-refractivity contribution in [3.05, 3.63) is 65.7 Å². The number of anilines is 2. The second kappa shape index (κ2) is 6.75. The average molecular weight is 280 g/mol. The zero-order valence-electron chi connectivity index (χ0n) is 12.3. The minimum atomic E-state index is -0.146. The number of hydrogen-bond donors (Lipinski definition) is 2. The van der Waals surface area contributed by atoms with Crippen molar-refractivity contribution < 1.29 is 4.79 Å². The van der Waals surface area contributed by atoms with Crippen molar-refractivity contribution in [2.75, 3.05) is 11.1 Å². The van der Waals surface area contributed by atoms with E-state index in [4.69, 9.17) is 5.73 Å². The fraction of sp³-hybridized carbons (Fsp3) is 0.167. The summed E-state index contributed by atoms with van der Waals surface area (Å²) in [4.78, 5) is 11.9. The lowest BCUT2D eigenvalue weighted by molar-refractivity contribution is -0.111. The lowest BCUT2D eigenvalue weighted by Gasteiger charge is -2.08. The first-order valence-corrected chi connectivity index (χ1v) is 6.99. The lowest BCUT2D eigenvalue weighted by atomic mass is 10.0. The number of carbonyl (C=O) groups is 1. The van der Waals surface area contributed by atoms with Crippen LogP contribution < -0.4 is 11.1 Å². The first kappa shape index (κ1) is 14.9.